The molecule has 0 bridgehead atoms. The minimum atomic E-state index is -0.532. The Hall–Kier alpha value is -1.59. The van der Waals surface area contributed by atoms with E-state index in [1.165, 1.54) is 12.1 Å². The average molecular weight is 286 g/mol. The van der Waals surface area contributed by atoms with Crippen LogP contribution in [0.2, 0.25) is 10.0 Å². The summed E-state index contributed by atoms with van der Waals surface area (Å²) in [7, 11) is 0. The van der Waals surface area contributed by atoms with Gasteiger partial charge in [0.25, 0.3) is 5.69 Å². The van der Waals surface area contributed by atoms with E-state index in [0.29, 0.717) is 12.1 Å². The van der Waals surface area contributed by atoms with Crippen molar-refractivity contribution in [2.75, 3.05) is 0 Å². The minimum Gasteiger partial charge on any atom is -0.301 e. The van der Waals surface area contributed by atoms with Gasteiger partial charge in [-0.3, -0.25) is 10.1 Å². The molecule has 0 aliphatic heterocycles. The second-order valence-electron chi connectivity index (χ2n) is 3.58. The fraction of sp³-hybridized carbons (Fsp3) is 0.182. The number of imidazole rings is 1. The maximum atomic E-state index is 10.7. The van der Waals surface area contributed by atoms with Crippen LogP contribution in [0.5, 0.6) is 0 Å². The number of benzene rings is 1. The number of aryl methyl sites for hydroxylation is 1. The summed E-state index contributed by atoms with van der Waals surface area (Å²) >= 11 is 12.1. The number of nitrogens with zero attached hydrogens (tertiary/aromatic N) is 3. The molecule has 1 aromatic heterocycles. The molecule has 18 heavy (non-hydrogen) atoms. The number of rotatable bonds is 3. The Morgan fingerprint density at radius 1 is 1.39 bits per heavy atom. The average Bonchev–Trinajstić information content (AvgIpc) is 2.76. The van der Waals surface area contributed by atoms with Crippen molar-refractivity contribution in [3.05, 3.63) is 50.5 Å². The lowest BCUT2D eigenvalue weighted by Gasteiger charge is -2.10. The monoisotopic (exact) mass is 285 g/mol. The molecule has 0 aliphatic carbocycles. The second kappa shape index (κ2) is 4.96. The summed E-state index contributed by atoms with van der Waals surface area (Å²) in [6.45, 7) is 1.95. The number of non-ortho nitro benzene ring substituents is 1. The van der Waals surface area contributed by atoms with E-state index in [4.69, 9.17) is 23.2 Å². The molecule has 0 saturated heterocycles. The predicted molar refractivity (Wildman–Crippen MR) is 69.6 cm³/mol. The largest absolute Gasteiger partial charge is 0.301 e. The normalized spacial score (nSPS) is 10.6. The molecule has 0 fully saturated rings. The van der Waals surface area contributed by atoms with E-state index in [1.807, 2.05) is 6.92 Å². The maximum absolute atomic E-state index is 10.7. The van der Waals surface area contributed by atoms with Gasteiger partial charge < -0.3 is 4.57 Å². The molecule has 0 atom stereocenters. The zero-order chi connectivity index (χ0) is 13.3. The Labute approximate surface area is 113 Å². The highest BCUT2D eigenvalue weighted by atomic mass is 35.5. The van der Waals surface area contributed by atoms with Crippen LogP contribution in [0.15, 0.2) is 24.5 Å². The van der Waals surface area contributed by atoms with E-state index in [9.17, 15) is 10.1 Å². The van der Waals surface area contributed by atoms with E-state index in [-0.39, 0.29) is 15.7 Å². The summed E-state index contributed by atoms with van der Waals surface area (Å²) < 4.78 is 1.73. The zero-order valence-corrected chi connectivity index (χ0v) is 10.9. The smallest absolute Gasteiger partial charge is 0.272 e. The molecule has 7 heteroatoms. The molecule has 1 aromatic carbocycles. The third kappa shape index (κ3) is 2.19. The molecular weight excluding hydrogens is 277 g/mol. The van der Waals surface area contributed by atoms with Crippen LogP contribution in [0.25, 0.3) is 5.69 Å². The fourth-order valence-corrected chi connectivity index (χ4v) is 2.34. The number of nitro benzene ring substituents is 1. The fourth-order valence-electron chi connectivity index (χ4n) is 1.69. The molecule has 0 aliphatic rings. The number of hydrogen-bond donors (Lipinski definition) is 0. The highest BCUT2D eigenvalue weighted by Gasteiger charge is 2.17. The summed E-state index contributed by atoms with van der Waals surface area (Å²) in [5.74, 6) is 0.785. The maximum Gasteiger partial charge on any atom is 0.272 e. The van der Waals surface area contributed by atoms with Crippen LogP contribution in [0.3, 0.4) is 0 Å². The molecule has 1 heterocycles. The van der Waals surface area contributed by atoms with Crippen molar-refractivity contribution in [2.24, 2.45) is 0 Å². The highest BCUT2D eigenvalue weighted by molar-refractivity contribution is 6.38. The van der Waals surface area contributed by atoms with E-state index in [0.717, 1.165) is 5.82 Å². The summed E-state index contributed by atoms with van der Waals surface area (Å²) in [4.78, 5) is 14.3. The van der Waals surface area contributed by atoms with E-state index < -0.39 is 4.92 Å². The third-order valence-corrected chi connectivity index (χ3v) is 3.06. The highest BCUT2D eigenvalue weighted by Crippen LogP contribution is 2.33. The van der Waals surface area contributed by atoms with E-state index in [2.05, 4.69) is 4.98 Å². The van der Waals surface area contributed by atoms with Gasteiger partial charge in [-0.2, -0.15) is 0 Å². The van der Waals surface area contributed by atoms with Gasteiger partial charge in [0.2, 0.25) is 0 Å². The molecule has 0 spiro atoms. The summed E-state index contributed by atoms with van der Waals surface area (Å²) in [6, 6.07) is 2.56. The Morgan fingerprint density at radius 2 is 2.00 bits per heavy atom. The van der Waals surface area contributed by atoms with Gasteiger partial charge in [0.05, 0.1) is 20.7 Å². The van der Waals surface area contributed by atoms with E-state index in [1.54, 1.807) is 17.0 Å². The first-order chi connectivity index (χ1) is 8.54. The van der Waals surface area contributed by atoms with Crippen LogP contribution in [-0.2, 0) is 6.42 Å². The standard InChI is InChI=1S/C11H9Cl2N3O2/c1-2-10-14-3-4-15(10)11-8(12)5-7(16(17)18)6-9(11)13/h3-6H,2H2,1H3. The van der Waals surface area contributed by atoms with Crippen LogP contribution in [0.1, 0.15) is 12.7 Å². The molecule has 2 aromatic rings. The SMILES string of the molecule is CCc1nccn1-c1c(Cl)cc([N+](=O)[O-])cc1Cl. The molecule has 2 rings (SSSR count). The Balaban J connectivity index is 2.62. The lowest BCUT2D eigenvalue weighted by molar-refractivity contribution is -0.384. The van der Waals surface area contributed by atoms with Crippen molar-refractivity contribution in [1.82, 2.24) is 9.55 Å². The lowest BCUT2D eigenvalue weighted by atomic mass is 10.2. The van der Waals surface area contributed by atoms with Crippen LogP contribution in [0, 0.1) is 10.1 Å². The van der Waals surface area contributed by atoms with Gasteiger partial charge in [-0.1, -0.05) is 30.1 Å². The van der Waals surface area contributed by atoms with Crippen LogP contribution in [-0.4, -0.2) is 14.5 Å². The van der Waals surface area contributed by atoms with E-state index >= 15 is 0 Å². The molecule has 5 nitrogen and oxygen atoms in total. The molecule has 0 unspecified atom stereocenters. The van der Waals surface area contributed by atoms with Gasteiger partial charge in [0, 0.05) is 30.9 Å². The Bertz CT molecular complexity index is 587. The molecule has 0 amide bonds. The quantitative estimate of drug-likeness (QED) is 0.639. The predicted octanol–water partition coefficient (Wildman–Crippen LogP) is 3.65. The third-order valence-electron chi connectivity index (χ3n) is 2.49. The number of nitro groups is 1. The van der Waals surface area contributed by atoms with Crippen molar-refractivity contribution in [3.8, 4) is 5.69 Å². The number of hydrogen-bond acceptors (Lipinski definition) is 3. The first kappa shape index (κ1) is 12.9. The van der Waals surface area contributed by atoms with Gasteiger partial charge in [-0.05, 0) is 0 Å². The van der Waals surface area contributed by atoms with Gasteiger partial charge in [0.15, 0.2) is 0 Å². The molecule has 0 radical (unpaired) electrons. The summed E-state index contributed by atoms with van der Waals surface area (Å²) in [5, 5.41) is 11.1. The van der Waals surface area contributed by atoms with Crippen molar-refractivity contribution in [1.29, 1.82) is 0 Å². The molecule has 0 N–H and O–H groups in total. The van der Waals surface area contributed by atoms with Crippen molar-refractivity contribution in [2.45, 2.75) is 13.3 Å². The van der Waals surface area contributed by atoms with Gasteiger partial charge in [-0.25, -0.2) is 4.98 Å². The van der Waals surface area contributed by atoms with Crippen molar-refractivity contribution < 1.29 is 4.92 Å². The van der Waals surface area contributed by atoms with Gasteiger partial charge >= 0.3 is 0 Å². The van der Waals surface area contributed by atoms with Crippen molar-refractivity contribution in [3.63, 3.8) is 0 Å². The Morgan fingerprint density at radius 3 is 2.50 bits per heavy atom. The van der Waals surface area contributed by atoms with Crippen LogP contribution in [0.4, 0.5) is 5.69 Å². The molecule has 94 valence electrons. The Kier molecular flexibility index (Phi) is 3.54. The van der Waals surface area contributed by atoms with Crippen LogP contribution >= 0.6 is 23.2 Å². The number of halogens is 2. The number of aromatic nitrogens is 2. The van der Waals surface area contributed by atoms with Gasteiger partial charge in [0.1, 0.15) is 5.82 Å². The van der Waals surface area contributed by atoms with Crippen molar-refractivity contribution >= 4 is 28.9 Å². The summed E-state index contributed by atoms with van der Waals surface area (Å²) in [6.07, 6.45) is 4.06. The first-order valence-electron chi connectivity index (χ1n) is 5.20. The minimum absolute atomic E-state index is 0.132. The lowest BCUT2D eigenvalue weighted by Crippen LogP contribution is -2.01. The second-order valence-corrected chi connectivity index (χ2v) is 4.40. The molecule has 0 saturated carbocycles. The first-order valence-corrected chi connectivity index (χ1v) is 5.96. The molecular formula is C11H9Cl2N3O2. The summed E-state index contributed by atoms with van der Waals surface area (Å²) in [5.41, 5.74) is 0.380. The zero-order valence-electron chi connectivity index (χ0n) is 9.43. The van der Waals surface area contributed by atoms with Crippen LogP contribution < -0.4 is 0 Å². The van der Waals surface area contributed by atoms with Gasteiger partial charge in [-0.15, -0.1) is 0 Å². The topological polar surface area (TPSA) is 61.0 Å².